The van der Waals surface area contributed by atoms with Crippen molar-refractivity contribution >= 4 is 5.78 Å². The predicted octanol–water partition coefficient (Wildman–Crippen LogP) is 3.54. The summed E-state index contributed by atoms with van der Waals surface area (Å²) in [5.41, 5.74) is 0. The summed E-state index contributed by atoms with van der Waals surface area (Å²) < 4.78 is 10.0. The number of carbonyl (C=O) groups excluding carboxylic acids is 1. The summed E-state index contributed by atoms with van der Waals surface area (Å²) in [6.07, 6.45) is 4.12. The SMILES string of the molecule is CC(C)N1CCC2CCC(=O)CC21.COc1ccccc1OC. The van der Waals surface area contributed by atoms with E-state index in [1.165, 1.54) is 13.0 Å². The number of ether oxygens (including phenoxy) is 2. The van der Waals surface area contributed by atoms with Crippen molar-refractivity contribution in [2.24, 2.45) is 5.92 Å². The summed E-state index contributed by atoms with van der Waals surface area (Å²) >= 11 is 0. The Labute approximate surface area is 139 Å². The van der Waals surface area contributed by atoms with E-state index in [-0.39, 0.29) is 0 Å². The first-order valence-corrected chi connectivity index (χ1v) is 8.51. The van der Waals surface area contributed by atoms with Gasteiger partial charge >= 0.3 is 0 Å². The molecule has 2 aliphatic rings. The third-order valence-corrected chi connectivity index (χ3v) is 4.91. The second kappa shape index (κ2) is 8.34. The van der Waals surface area contributed by atoms with E-state index in [1.807, 2.05) is 24.3 Å². The maximum Gasteiger partial charge on any atom is 0.160 e. The Morgan fingerprint density at radius 2 is 1.70 bits per heavy atom. The number of Topliss-reactive ketones (excluding diaryl/α,β-unsaturated/α-hetero) is 1. The van der Waals surface area contributed by atoms with E-state index in [0.29, 0.717) is 17.9 Å². The topological polar surface area (TPSA) is 38.8 Å². The van der Waals surface area contributed by atoms with Crippen molar-refractivity contribution in [1.82, 2.24) is 4.90 Å². The van der Waals surface area contributed by atoms with Crippen molar-refractivity contribution in [2.75, 3.05) is 20.8 Å². The highest BCUT2D eigenvalue weighted by Crippen LogP contribution is 2.35. The number of methoxy groups -OCH3 is 2. The summed E-state index contributed by atoms with van der Waals surface area (Å²) in [6, 6.07) is 8.72. The van der Waals surface area contributed by atoms with Crippen LogP contribution >= 0.6 is 0 Å². The standard InChI is InChI=1S/C11H19NO.C8H10O2/c1-8(2)12-6-5-9-3-4-10(13)7-11(9)12;1-9-7-5-3-4-6-8(7)10-2/h8-9,11H,3-7H2,1-2H3;3-6H,1-2H3. The van der Waals surface area contributed by atoms with E-state index in [4.69, 9.17) is 9.47 Å². The number of nitrogens with zero attached hydrogens (tertiary/aromatic N) is 1. The lowest BCUT2D eigenvalue weighted by Crippen LogP contribution is -2.41. The fourth-order valence-corrected chi connectivity index (χ4v) is 3.67. The van der Waals surface area contributed by atoms with Crippen LogP contribution in [0.15, 0.2) is 24.3 Å². The van der Waals surface area contributed by atoms with Gasteiger partial charge in [0.2, 0.25) is 0 Å². The number of likely N-dealkylation sites (tertiary alicyclic amines) is 1. The highest BCUT2D eigenvalue weighted by molar-refractivity contribution is 5.80. The van der Waals surface area contributed by atoms with Gasteiger partial charge in [-0.2, -0.15) is 0 Å². The summed E-state index contributed by atoms with van der Waals surface area (Å²) in [7, 11) is 3.25. The molecule has 1 heterocycles. The zero-order chi connectivity index (χ0) is 16.8. The molecule has 0 spiro atoms. The molecular weight excluding hydrogens is 290 g/mol. The Bertz CT molecular complexity index is 492. The lowest BCUT2D eigenvalue weighted by atomic mass is 9.84. The second-order valence-electron chi connectivity index (χ2n) is 6.58. The minimum Gasteiger partial charge on any atom is -0.493 e. The molecule has 1 saturated carbocycles. The average Bonchev–Trinajstić information content (AvgIpc) is 2.98. The largest absolute Gasteiger partial charge is 0.493 e. The number of rotatable bonds is 3. The fourth-order valence-electron chi connectivity index (χ4n) is 3.67. The smallest absolute Gasteiger partial charge is 0.160 e. The number of para-hydroxylation sites is 2. The van der Waals surface area contributed by atoms with Gasteiger partial charge in [-0.1, -0.05) is 12.1 Å². The van der Waals surface area contributed by atoms with E-state index < -0.39 is 0 Å². The Hall–Kier alpha value is -1.55. The molecule has 0 N–H and O–H groups in total. The first-order chi connectivity index (χ1) is 11.1. The molecule has 4 heteroatoms. The monoisotopic (exact) mass is 319 g/mol. The van der Waals surface area contributed by atoms with Crippen LogP contribution in [-0.2, 0) is 4.79 Å². The Morgan fingerprint density at radius 3 is 2.22 bits per heavy atom. The zero-order valence-electron chi connectivity index (χ0n) is 14.7. The van der Waals surface area contributed by atoms with Crippen molar-refractivity contribution < 1.29 is 14.3 Å². The molecule has 128 valence electrons. The van der Waals surface area contributed by atoms with Crippen molar-refractivity contribution in [3.63, 3.8) is 0 Å². The number of ketones is 1. The first kappa shape index (κ1) is 17.8. The van der Waals surface area contributed by atoms with Crippen molar-refractivity contribution in [3.05, 3.63) is 24.3 Å². The molecule has 2 atom stereocenters. The maximum absolute atomic E-state index is 11.3. The summed E-state index contributed by atoms with van der Waals surface area (Å²) in [5.74, 6) is 2.84. The first-order valence-electron chi connectivity index (χ1n) is 8.51. The van der Waals surface area contributed by atoms with Crippen LogP contribution in [0.2, 0.25) is 0 Å². The van der Waals surface area contributed by atoms with Crippen LogP contribution in [0.5, 0.6) is 11.5 Å². The molecule has 3 rings (SSSR count). The number of benzene rings is 1. The van der Waals surface area contributed by atoms with E-state index in [2.05, 4.69) is 18.7 Å². The highest BCUT2D eigenvalue weighted by atomic mass is 16.5. The van der Waals surface area contributed by atoms with Crippen LogP contribution in [0.4, 0.5) is 0 Å². The second-order valence-corrected chi connectivity index (χ2v) is 6.58. The molecule has 1 aliphatic carbocycles. The summed E-state index contributed by atoms with van der Waals surface area (Å²) in [4.78, 5) is 13.9. The molecule has 23 heavy (non-hydrogen) atoms. The lowest BCUT2D eigenvalue weighted by Gasteiger charge is -2.33. The number of hydrogen-bond donors (Lipinski definition) is 0. The van der Waals surface area contributed by atoms with E-state index in [9.17, 15) is 4.79 Å². The zero-order valence-corrected chi connectivity index (χ0v) is 14.7. The van der Waals surface area contributed by atoms with Crippen LogP contribution in [0.3, 0.4) is 0 Å². The fraction of sp³-hybridized carbons (Fsp3) is 0.632. The Kier molecular flexibility index (Phi) is 6.46. The molecule has 1 aliphatic heterocycles. The molecular formula is C19H29NO3. The van der Waals surface area contributed by atoms with Crippen LogP contribution in [0, 0.1) is 5.92 Å². The molecule has 2 unspecified atom stereocenters. The molecule has 0 radical (unpaired) electrons. The van der Waals surface area contributed by atoms with Crippen LogP contribution < -0.4 is 9.47 Å². The molecule has 0 bridgehead atoms. The van der Waals surface area contributed by atoms with Crippen molar-refractivity contribution in [1.29, 1.82) is 0 Å². The number of fused-ring (bicyclic) bond motifs is 1. The third-order valence-electron chi connectivity index (χ3n) is 4.91. The molecule has 1 saturated heterocycles. The maximum atomic E-state index is 11.3. The normalized spacial score (nSPS) is 24.0. The molecule has 1 aromatic carbocycles. The van der Waals surface area contributed by atoms with Gasteiger partial charge in [0.1, 0.15) is 5.78 Å². The molecule has 0 aromatic heterocycles. The molecule has 4 nitrogen and oxygen atoms in total. The van der Waals surface area contributed by atoms with Gasteiger partial charge in [0.25, 0.3) is 0 Å². The molecule has 1 aromatic rings. The van der Waals surface area contributed by atoms with E-state index in [0.717, 1.165) is 36.7 Å². The molecule has 2 fully saturated rings. The van der Waals surface area contributed by atoms with Gasteiger partial charge in [-0.25, -0.2) is 0 Å². The predicted molar refractivity (Wildman–Crippen MR) is 92.1 cm³/mol. The highest BCUT2D eigenvalue weighted by Gasteiger charge is 2.39. The van der Waals surface area contributed by atoms with E-state index in [1.54, 1.807) is 14.2 Å². The van der Waals surface area contributed by atoms with Gasteiger partial charge < -0.3 is 9.47 Å². The average molecular weight is 319 g/mol. The van der Waals surface area contributed by atoms with Gasteiger partial charge in [0.15, 0.2) is 11.5 Å². The lowest BCUT2D eigenvalue weighted by molar-refractivity contribution is -0.122. The van der Waals surface area contributed by atoms with Gasteiger partial charge in [0.05, 0.1) is 14.2 Å². The van der Waals surface area contributed by atoms with Crippen LogP contribution in [0.1, 0.15) is 39.5 Å². The summed E-state index contributed by atoms with van der Waals surface area (Å²) in [5, 5.41) is 0. The number of carbonyl (C=O) groups is 1. The van der Waals surface area contributed by atoms with E-state index >= 15 is 0 Å². The van der Waals surface area contributed by atoms with Crippen LogP contribution in [0.25, 0.3) is 0 Å². The van der Waals surface area contributed by atoms with Crippen molar-refractivity contribution in [3.8, 4) is 11.5 Å². The van der Waals surface area contributed by atoms with Crippen molar-refractivity contribution in [2.45, 2.75) is 51.6 Å². The van der Waals surface area contributed by atoms with Gasteiger partial charge in [-0.05, 0) is 51.3 Å². The Morgan fingerprint density at radius 1 is 1.09 bits per heavy atom. The van der Waals surface area contributed by atoms with Crippen LogP contribution in [-0.4, -0.2) is 43.5 Å². The minimum atomic E-state index is 0.480. The van der Waals surface area contributed by atoms with Gasteiger partial charge in [-0.3, -0.25) is 9.69 Å². The quantitative estimate of drug-likeness (QED) is 0.854. The van der Waals surface area contributed by atoms with Gasteiger partial charge in [-0.15, -0.1) is 0 Å². The minimum absolute atomic E-state index is 0.480. The third kappa shape index (κ3) is 4.47. The summed E-state index contributed by atoms with van der Waals surface area (Å²) in [6.45, 7) is 5.68. The number of hydrogen-bond acceptors (Lipinski definition) is 4. The van der Waals surface area contributed by atoms with Gasteiger partial charge in [0, 0.05) is 24.9 Å². The Balaban J connectivity index is 0.000000174. The molecule has 0 amide bonds.